The summed E-state index contributed by atoms with van der Waals surface area (Å²) in [5.74, 6) is -2.75. The number of nitrogens with zero attached hydrogens (tertiary/aromatic N) is 2. The molecule has 0 spiro atoms. The molecule has 0 bridgehead atoms. The van der Waals surface area contributed by atoms with Crippen LogP contribution in [0.5, 0.6) is 0 Å². The summed E-state index contributed by atoms with van der Waals surface area (Å²) in [6.07, 6.45) is 3.15. The number of hydrogen-bond acceptors (Lipinski definition) is 10. The zero-order valence-corrected chi connectivity index (χ0v) is 19.4. The molecular formula is C24H27N3O9. The van der Waals surface area contributed by atoms with Gasteiger partial charge in [0.15, 0.2) is 5.82 Å². The van der Waals surface area contributed by atoms with E-state index in [9.17, 15) is 24.3 Å². The second kappa shape index (κ2) is 11.3. The Morgan fingerprint density at radius 1 is 1.11 bits per heavy atom. The number of esters is 2. The SMILES string of the molecule is O=C(O)c1ccccc1C(=O)O[C@H]1C[C@H](n2ccc(NO)nc2=O)O[C@@H]1COC(=O)C1CCCCC1. The summed E-state index contributed by atoms with van der Waals surface area (Å²) in [5.41, 5.74) is 0.711. The summed E-state index contributed by atoms with van der Waals surface area (Å²) in [4.78, 5) is 53.0. The first-order valence-corrected chi connectivity index (χ1v) is 11.7. The molecule has 1 saturated heterocycles. The van der Waals surface area contributed by atoms with Gasteiger partial charge in [-0.15, -0.1) is 0 Å². The number of hydrogen-bond donors (Lipinski definition) is 3. The quantitative estimate of drug-likeness (QED) is 0.359. The highest BCUT2D eigenvalue weighted by Gasteiger charge is 2.41. The van der Waals surface area contributed by atoms with E-state index >= 15 is 0 Å². The van der Waals surface area contributed by atoms with E-state index in [-0.39, 0.29) is 41.9 Å². The Morgan fingerprint density at radius 3 is 2.50 bits per heavy atom. The lowest BCUT2D eigenvalue weighted by atomic mass is 9.89. The van der Waals surface area contributed by atoms with Crippen LogP contribution >= 0.6 is 0 Å². The molecule has 12 heteroatoms. The van der Waals surface area contributed by atoms with Gasteiger partial charge in [0.05, 0.1) is 17.0 Å². The minimum atomic E-state index is -1.28. The first-order chi connectivity index (χ1) is 17.4. The van der Waals surface area contributed by atoms with Crippen molar-refractivity contribution in [2.24, 2.45) is 5.92 Å². The fourth-order valence-electron chi connectivity index (χ4n) is 4.51. The van der Waals surface area contributed by atoms with Crippen LogP contribution in [-0.4, -0.2) is 56.6 Å². The van der Waals surface area contributed by atoms with Crippen LogP contribution in [0.3, 0.4) is 0 Å². The summed E-state index contributed by atoms with van der Waals surface area (Å²) >= 11 is 0. The maximum Gasteiger partial charge on any atom is 0.351 e. The minimum absolute atomic E-state index is 0.0279. The van der Waals surface area contributed by atoms with E-state index in [1.54, 1.807) is 5.48 Å². The number of carbonyl (C=O) groups is 3. The van der Waals surface area contributed by atoms with Crippen LogP contribution in [0.2, 0.25) is 0 Å². The van der Waals surface area contributed by atoms with E-state index in [4.69, 9.17) is 19.4 Å². The monoisotopic (exact) mass is 501 g/mol. The van der Waals surface area contributed by atoms with Crippen LogP contribution in [0.25, 0.3) is 0 Å². The number of carboxylic acid groups (broad SMARTS) is 1. The number of rotatable bonds is 8. The minimum Gasteiger partial charge on any atom is -0.478 e. The van der Waals surface area contributed by atoms with E-state index < -0.39 is 36.1 Å². The Morgan fingerprint density at radius 2 is 1.83 bits per heavy atom. The van der Waals surface area contributed by atoms with Crippen molar-refractivity contribution in [1.82, 2.24) is 9.55 Å². The molecule has 1 aromatic heterocycles. The lowest BCUT2D eigenvalue weighted by Crippen LogP contribution is -2.34. The maximum atomic E-state index is 12.9. The van der Waals surface area contributed by atoms with Crippen LogP contribution in [0.4, 0.5) is 5.82 Å². The van der Waals surface area contributed by atoms with Gasteiger partial charge in [0, 0.05) is 12.6 Å². The normalized spacial score (nSPS) is 22.1. The average molecular weight is 501 g/mol. The molecule has 3 N–H and O–H groups in total. The molecule has 0 unspecified atom stereocenters. The standard InChI is InChI=1S/C24H27N3O9/c28-21(29)15-8-4-5-9-16(15)23(31)36-17-12-20(27-11-10-19(26-33)25-24(27)32)35-18(17)13-34-22(30)14-6-2-1-3-7-14/h4-5,8-11,14,17-18,20,33H,1-3,6-7,12-13H2,(H,28,29)(H,25,26,32)/t17-,18+,20+/m0/s1. The largest absolute Gasteiger partial charge is 0.478 e. The van der Waals surface area contributed by atoms with Gasteiger partial charge in [-0.2, -0.15) is 4.98 Å². The van der Waals surface area contributed by atoms with Crippen molar-refractivity contribution in [2.75, 3.05) is 12.1 Å². The number of carbonyl (C=O) groups excluding carboxylic acids is 2. The van der Waals surface area contributed by atoms with Gasteiger partial charge in [-0.05, 0) is 31.0 Å². The molecule has 192 valence electrons. The molecule has 12 nitrogen and oxygen atoms in total. The van der Waals surface area contributed by atoms with E-state index in [2.05, 4.69) is 4.98 Å². The Bertz CT molecular complexity index is 1180. The third kappa shape index (κ3) is 5.71. The van der Waals surface area contributed by atoms with E-state index in [1.165, 1.54) is 36.5 Å². The van der Waals surface area contributed by atoms with Gasteiger partial charge in [-0.1, -0.05) is 31.4 Å². The van der Waals surface area contributed by atoms with Crippen LogP contribution < -0.4 is 11.2 Å². The summed E-state index contributed by atoms with van der Waals surface area (Å²) < 4.78 is 18.2. The predicted octanol–water partition coefficient (Wildman–Crippen LogP) is 2.38. The number of aromatic nitrogens is 2. The smallest absolute Gasteiger partial charge is 0.351 e. The molecule has 2 heterocycles. The van der Waals surface area contributed by atoms with Gasteiger partial charge in [0.1, 0.15) is 25.0 Å². The van der Waals surface area contributed by atoms with Gasteiger partial charge in [-0.25, -0.2) is 14.4 Å². The van der Waals surface area contributed by atoms with Crippen LogP contribution in [0, 0.1) is 5.92 Å². The highest BCUT2D eigenvalue weighted by molar-refractivity contribution is 6.02. The molecule has 1 aliphatic heterocycles. The summed E-state index contributed by atoms with van der Waals surface area (Å²) in [6.45, 7) is -0.206. The highest BCUT2D eigenvalue weighted by Crippen LogP contribution is 2.32. The Labute approximate surface area is 205 Å². The third-order valence-electron chi connectivity index (χ3n) is 6.40. The number of anilines is 1. The van der Waals surface area contributed by atoms with E-state index in [1.807, 2.05) is 0 Å². The van der Waals surface area contributed by atoms with Gasteiger partial charge in [0.2, 0.25) is 0 Å². The third-order valence-corrected chi connectivity index (χ3v) is 6.40. The number of aromatic carboxylic acids is 1. The second-order valence-corrected chi connectivity index (χ2v) is 8.74. The van der Waals surface area contributed by atoms with Crippen molar-refractivity contribution < 1.29 is 38.9 Å². The summed E-state index contributed by atoms with van der Waals surface area (Å²) in [7, 11) is 0. The molecule has 2 fully saturated rings. The molecule has 2 aromatic rings. The molecule has 2 aliphatic rings. The zero-order chi connectivity index (χ0) is 25.7. The van der Waals surface area contributed by atoms with Crippen LogP contribution in [-0.2, 0) is 19.0 Å². The molecule has 1 aromatic carbocycles. The molecular weight excluding hydrogens is 474 g/mol. The van der Waals surface area contributed by atoms with Crippen molar-refractivity contribution >= 4 is 23.7 Å². The lowest BCUT2D eigenvalue weighted by molar-refractivity contribution is -0.156. The summed E-state index contributed by atoms with van der Waals surface area (Å²) in [5, 5.41) is 18.4. The van der Waals surface area contributed by atoms with Crippen molar-refractivity contribution in [3.05, 3.63) is 58.1 Å². The lowest BCUT2D eigenvalue weighted by Gasteiger charge is -2.23. The number of nitrogens with one attached hydrogen (secondary N) is 1. The van der Waals surface area contributed by atoms with Gasteiger partial charge < -0.3 is 19.3 Å². The topological polar surface area (TPSA) is 166 Å². The number of carboxylic acids is 1. The fraction of sp³-hybridized carbons (Fsp3) is 0.458. The van der Waals surface area contributed by atoms with Crippen molar-refractivity contribution in [1.29, 1.82) is 0 Å². The maximum absolute atomic E-state index is 12.9. The number of benzene rings is 1. The second-order valence-electron chi connectivity index (χ2n) is 8.74. The van der Waals surface area contributed by atoms with Crippen molar-refractivity contribution in [3.63, 3.8) is 0 Å². The van der Waals surface area contributed by atoms with Crippen LogP contribution in [0.1, 0.15) is 65.5 Å². The molecule has 36 heavy (non-hydrogen) atoms. The molecule has 3 atom stereocenters. The Kier molecular flexibility index (Phi) is 7.96. The molecule has 0 radical (unpaired) electrons. The fourth-order valence-corrected chi connectivity index (χ4v) is 4.51. The predicted molar refractivity (Wildman–Crippen MR) is 123 cm³/mol. The highest BCUT2D eigenvalue weighted by atomic mass is 16.6. The summed E-state index contributed by atoms with van der Waals surface area (Å²) in [6, 6.07) is 6.99. The van der Waals surface area contributed by atoms with Crippen molar-refractivity contribution in [2.45, 2.75) is 57.0 Å². The molecule has 4 rings (SSSR count). The first-order valence-electron chi connectivity index (χ1n) is 11.7. The number of ether oxygens (including phenoxy) is 3. The van der Waals surface area contributed by atoms with Crippen LogP contribution in [0.15, 0.2) is 41.3 Å². The zero-order valence-electron chi connectivity index (χ0n) is 19.4. The van der Waals surface area contributed by atoms with E-state index in [0.717, 1.165) is 36.7 Å². The van der Waals surface area contributed by atoms with Gasteiger partial charge >= 0.3 is 23.6 Å². The first kappa shape index (κ1) is 25.3. The average Bonchev–Trinajstić information content (AvgIpc) is 3.29. The molecule has 0 amide bonds. The van der Waals surface area contributed by atoms with Crippen molar-refractivity contribution in [3.8, 4) is 0 Å². The van der Waals surface area contributed by atoms with Gasteiger partial charge in [0.25, 0.3) is 0 Å². The van der Waals surface area contributed by atoms with Gasteiger partial charge in [-0.3, -0.25) is 20.0 Å². The Hall–Kier alpha value is -3.77. The molecule has 1 aliphatic carbocycles. The molecule has 1 saturated carbocycles. The Balaban J connectivity index is 1.52. The van der Waals surface area contributed by atoms with E-state index in [0.29, 0.717) is 0 Å².